The third-order valence-corrected chi connectivity index (χ3v) is 4.88. The summed E-state index contributed by atoms with van der Waals surface area (Å²) < 4.78 is 7.10. The van der Waals surface area contributed by atoms with Crippen LogP contribution in [0.3, 0.4) is 0 Å². The van der Waals surface area contributed by atoms with Gasteiger partial charge in [0.15, 0.2) is 0 Å². The molecule has 1 heterocycles. The van der Waals surface area contributed by atoms with Gasteiger partial charge in [0.1, 0.15) is 12.4 Å². The van der Waals surface area contributed by atoms with Gasteiger partial charge in [-0.05, 0) is 77.5 Å². The lowest BCUT2D eigenvalue weighted by Crippen LogP contribution is -2.26. The molecule has 0 radical (unpaired) electrons. The van der Waals surface area contributed by atoms with Crippen molar-refractivity contribution in [3.05, 3.63) is 63.6 Å². The van der Waals surface area contributed by atoms with Gasteiger partial charge in [-0.15, -0.1) is 0 Å². The van der Waals surface area contributed by atoms with E-state index < -0.39 is 0 Å². The zero-order chi connectivity index (χ0) is 15.4. The molecule has 0 atom stereocenters. The van der Waals surface area contributed by atoms with Crippen molar-refractivity contribution in [1.29, 1.82) is 0 Å². The van der Waals surface area contributed by atoms with Gasteiger partial charge in [-0.2, -0.15) is 0 Å². The SMILES string of the molecule is Cc1cc(C2CCNCC2)cc(Br)c1OCc1ccccc1. The van der Waals surface area contributed by atoms with E-state index in [9.17, 15) is 0 Å². The number of benzene rings is 2. The molecule has 1 N–H and O–H groups in total. The summed E-state index contributed by atoms with van der Waals surface area (Å²) in [4.78, 5) is 0. The van der Waals surface area contributed by atoms with Crippen LogP contribution < -0.4 is 10.1 Å². The standard InChI is InChI=1S/C19H22BrNO/c1-14-11-17(16-7-9-21-10-8-16)12-18(20)19(14)22-13-15-5-3-2-4-6-15/h2-6,11-12,16,21H,7-10,13H2,1H3. The molecule has 0 aliphatic carbocycles. The van der Waals surface area contributed by atoms with Gasteiger partial charge in [-0.1, -0.05) is 36.4 Å². The van der Waals surface area contributed by atoms with Crippen LogP contribution in [0, 0.1) is 6.92 Å². The zero-order valence-electron chi connectivity index (χ0n) is 12.9. The Kier molecular flexibility index (Phi) is 5.16. The van der Waals surface area contributed by atoms with Crippen LogP contribution >= 0.6 is 15.9 Å². The van der Waals surface area contributed by atoms with Crippen LogP contribution in [0.2, 0.25) is 0 Å². The molecule has 1 saturated heterocycles. The minimum absolute atomic E-state index is 0.604. The lowest BCUT2D eigenvalue weighted by molar-refractivity contribution is 0.302. The molecule has 2 aromatic carbocycles. The van der Waals surface area contributed by atoms with Crippen LogP contribution in [0.15, 0.2) is 46.9 Å². The van der Waals surface area contributed by atoms with Crippen molar-refractivity contribution >= 4 is 15.9 Å². The van der Waals surface area contributed by atoms with Gasteiger partial charge in [0.05, 0.1) is 4.47 Å². The maximum Gasteiger partial charge on any atom is 0.136 e. The molecule has 1 fully saturated rings. The van der Waals surface area contributed by atoms with E-state index in [2.05, 4.69) is 52.4 Å². The molecule has 0 bridgehead atoms. The second-order valence-corrected chi connectivity index (χ2v) is 6.80. The number of piperidine rings is 1. The van der Waals surface area contributed by atoms with Crippen LogP contribution in [0.1, 0.15) is 35.4 Å². The molecule has 0 saturated carbocycles. The maximum atomic E-state index is 6.04. The average Bonchev–Trinajstić information content (AvgIpc) is 2.56. The van der Waals surface area contributed by atoms with Gasteiger partial charge in [0.25, 0.3) is 0 Å². The molecule has 3 heteroatoms. The van der Waals surface area contributed by atoms with Crippen molar-refractivity contribution in [1.82, 2.24) is 5.32 Å². The first-order valence-corrected chi connectivity index (χ1v) is 8.71. The van der Waals surface area contributed by atoms with Crippen molar-refractivity contribution in [3.8, 4) is 5.75 Å². The first kappa shape index (κ1) is 15.6. The van der Waals surface area contributed by atoms with Crippen molar-refractivity contribution in [2.75, 3.05) is 13.1 Å². The van der Waals surface area contributed by atoms with Gasteiger partial charge in [-0.25, -0.2) is 0 Å². The van der Waals surface area contributed by atoms with Gasteiger partial charge in [0.2, 0.25) is 0 Å². The van der Waals surface area contributed by atoms with Crippen LogP contribution in [0.4, 0.5) is 0 Å². The summed E-state index contributed by atoms with van der Waals surface area (Å²) in [6.07, 6.45) is 2.44. The molecule has 1 aliphatic rings. The average molecular weight is 360 g/mol. The topological polar surface area (TPSA) is 21.3 Å². The molecule has 1 aliphatic heterocycles. The van der Waals surface area contributed by atoms with Gasteiger partial charge in [0, 0.05) is 0 Å². The molecule has 2 aromatic rings. The Morgan fingerprint density at radius 1 is 1.14 bits per heavy atom. The highest BCUT2D eigenvalue weighted by atomic mass is 79.9. The van der Waals surface area contributed by atoms with E-state index in [1.54, 1.807) is 0 Å². The van der Waals surface area contributed by atoms with Gasteiger partial charge in [-0.3, -0.25) is 0 Å². The molecular weight excluding hydrogens is 338 g/mol. The molecule has 0 amide bonds. The first-order valence-electron chi connectivity index (χ1n) is 7.91. The largest absolute Gasteiger partial charge is 0.487 e. The highest BCUT2D eigenvalue weighted by Gasteiger charge is 2.18. The van der Waals surface area contributed by atoms with Crippen LogP contribution in [0.5, 0.6) is 5.75 Å². The fourth-order valence-corrected chi connectivity index (χ4v) is 3.75. The lowest BCUT2D eigenvalue weighted by atomic mass is 9.89. The molecule has 0 unspecified atom stereocenters. The number of rotatable bonds is 4. The normalized spacial score (nSPS) is 15.7. The molecular formula is C19H22BrNO. The third kappa shape index (κ3) is 3.71. The Morgan fingerprint density at radius 2 is 1.86 bits per heavy atom. The van der Waals surface area contributed by atoms with Crippen molar-refractivity contribution in [3.63, 3.8) is 0 Å². The summed E-state index contributed by atoms with van der Waals surface area (Å²) in [6, 6.07) is 14.8. The van der Waals surface area contributed by atoms with Crippen LogP contribution in [0.25, 0.3) is 0 Å². The van der Waals surface area contributed by atoms with E-state index in [0.29, 0.717) is 12.5 Å². The quantitative estimate of drug-likeness (QED) is 0.845. The monoisotopic (exact) mass is 359 g/mol. The molecule has 2 nitrogen and oxygen atoms in total. The lowest BCUT2D eigenvalue weighted by Gasteiger charge is -2.24. The highest BCUT2D eigenvalue weighted by molar-refractivity contribution is 9.10. The second-order valence-electron chi connectivity index (χ2n) is 5.95. The van der Waals surface area contributed by atoms with Crippen LogP contribution in [-0.4, -0.2) is 13.1 Å². The predicted molar refractivity (Wildman–Crippen MR) is 94.5 cm³/mol. The summed E-state index contributed by atoms with van der Waals surface area (Å²) in [5, 5.41) is 3.43. The molecule has 0 aromatic heterocycles. The van der Waals surface area contributed by atoms with Crippen molar-refractivity contribution in [2.24, 2.45) is 0 Å². The predicted octanol–water partition coefficient (Wildman–Crippen LogP) is 4.80. The fourth-order valence-electron chi connectivity index (χ4n) is 3.06. The first-order chi connectivity index (χ1) is 10.7. The Labute approximate surface area is 141 Å². The molecule has 3 rings (SSSR count). The summed E-state index contributed by atoms with van der Waals surface area (Å²) in [5.74, 6) is 1.63. The van der Waals surface area contributed by atoms with Gasteiger partial charge >= 0.3 is 0 Å². The summed E-state index contributed by atoms with van der Waals surface area (Å²) in [7, 11) is 0. The number of hydrogen-bond donors (Lipinski definition) is 1. The van der Waals surface area contributed by atoms with E-state index in [1.807, 2.05) is 18.2 Å². The second kappa shape index (κ2) is 7.30. The molecule has 116 valence electrons. The number of ether oxygens (including phenoxy) is 1. The van der Waals surface area contributed by atoms with Gasteiger partial charge < -0.3 is 10.1 Å². The number of aryl methyl sites for hydroxylation is 1. The third-order valence-electron chi connectivity index (χ3n) is 4.29. The molecule has 22 heavy (non-hydrogen) atoms. The molecule has 0 spiro atoms. The fraction of sp³-hybridized carbons (Fsp3) is 0.368. The Hall–Kier alpha value is -1.32. The Morgan fingerprint density at radius 3 is 2.55 bits per heavy atom. The number of halogens is 1. The summed E-state index contributed by atoms with van der Waals surface area (Å²) in [6.45, 7) is 4.98. The number of nitrogens with one attached hydrogen (secondary N) is 1. The zero-order valence-corrected chi connectivity index (χ0v) is 14.5. The summed E-state index contributed by atoms with van der Waals surface area (Å²) >= 11 is 3.70. The van der Waals surface area contributed by atoms with E-state index in [-0.39, 0.29) is 0 Å². The smallest absolute Gasteiger partial charge is 0.136 e. The highest BCUT2D eigenvalue weighted by Crippen LogP contribution is 2.35. The number of hydrogen-bond acceptors (Lipinski definition) is 2. The van der Waals surface area contributed by atoms with E-state index >= 15 is 0 Å². The minimum atomic E-state index is 0.604. The van der Waals surface area contributed by atoms with Crippen molar-refractivity contribution < 1.29 is 4.74 Å². The summed E-state index contributed by atoms with van der Waals surface area (Å²) in [5.41, 5.74) is 3.83. The van der Waals surface area contributed by atoms with Crippen LogP contribution in [-0.2, 0) is 6.61 Å². The maximum absolute atomic E-state index is 6.04. The Balaban J connectivity index is 1.74. The van der Waals surface area contributed by atoms with E-state index in [4.69, 9.17) is 4.74 Å². The van der Waals surface area contributed by atoms with E-state index in [1.165, 1.54) is 29.5 Å². The van der Waals surface area contributed by atoms with Crippen molar-refractivity contribution in [2.45, 2.75) is 32.3 Å². The minimum Gasteiger partial charge on any atom is -0.487 e. The Bertz CT molecular complexity index is 598. The van der Waals surface area contributed by atoms with E-state index in [0.717, 1.165) is 23.3 Å².